The first-order valence-corrected chi connectivity index (χ1v) is 8.49. The standard InChI is InChI=1S/C20H21NO6/c1-13-7-15(10-16(8-13)20(23)24)19(22)21(5-6-25-2)11-14-3-4-17-18(9-14)27-12-26-17/h3-4,7-10H,5-6,11-12H2,1-2H3,(H,23,24). The van der Waals surface area contributed by atoms with Crippen LogP contribution in [-0.4, -0.2) is 48.9 Å². The zero-order valence-corrected chi connectivity index (χ0v) is 15.2. The Morgan fingerprint density at radius 2 is 1.85 bits per heavy atom. The highest BCUT2D eigenvalue weighted by Crippen LogP contribution is 2.33. The van der Waals surface area contributed by atoms with Gasteiger partial charge in [-0.25, -0.2) is 4.79 Å². The number of carboxylic acid groups (broad SMARTS) is 1. The molecule has 3 rings (SSSR count). The Balaban J connectivity index is 1.85. The number of aryl methyl sites for hydroxylation is 1. The van der Waals surface area contributed by atoms with Crippen molar-refractivity contribution in [1.82, 2.24) is 4.90 Å². The van der Waals surface area contributed by atoms with Crippen molar-refractivity contribution in [3.05, 3.63) is 58.7 Å². The molecule has 1 aliphatic rings. The molecule has 7 nitrogen and oxygen atoms in total. The summed E-state index contributed by atoms with van der Waals surface area (Å²) in [6.07, 6.45) is 0. The van der Waals surface area contributed by atoms with Crippen LogP contribution in [0, 0.1) is 6.92 Å². The highest BCUT2D eigenvalue weighted by molar-refractivity contribution is 5.97. The van der Waals surface area contributed by atoms with E-state index in [2.05, 4.69) is 0 Å². The van der Waals surface area contributed by atoms with E-state index in [-0.39, 0.29) is 18.3 Å². The van der Waals surface area contributed by atoms with Crippen molar-refractivity contribution in [3.63, 3.8) is 0 Å². The van der Waals surface area contributed by atoms with Crippen molar-refractivity contribution in [2.75, 3.05) is 27.1 Å². The number of ether oxygens (including phenoxy) is 3. The van der Waals surface area contributed by atoms with Crippen LogP contribution >= 0.6 is 0 Å². The highest BCUT2D eigenvalue weighted by atomic mass is 16.7. The van der Waals surface area contributed by atoms with Crippen LogP contribution in [-0.2, 0) is 11.3 Å². The van der Waals surface area contributed by atoms with Crippen molar-refractivity contribution in [2.24, 2.45) is 0 Å². The maximum atomic E-state index is 13.0. The number of methoxy groups -OCH3 is 1. The van der Waals surface area contributed by atoms with Crippen LogP contribution < -0.4 is 9.47 Å². The fourth-order valence-corrected chi connectivity index (χ4v) is 2.93. The average molecular weight is 371 g/mol. The molecule has 0 fully saturated rings. The second kappa shape index (κ2) is 8.09. The molecule has 142 valence electrons. The van der Waals surface area contributed by atoms with Crippen LogP contribution in [0.4, 0.5) is 0 Å². The van der Waals surface area contributed by atoms with Gasteiger partial charge in [-0.2, -0.15) is 0 Å². The summed E-state index contributed by atoms with van der Waals surface area (Å²) in [4.78, 5) is 26.0. The Morgan fingerprint density at radius 3 is 2.59 bits per heavy atom. The molecule has 0 bridgehead atoms. The van der Waals surface area contributed by atoms with Crippen LogP contribution in [0.25, 0.3) is 0 Å². The molecule has 0 aliphatic carbocycles. The number of amides is 1. The lowest BCUT2D eigenvalue weighted by atomic mass is 10.0. The van der Waals surface area contributed by atoms with E-state index < -0.39 is 5.97 Å². The summed E-state index contributed by atoms with van der Waals surface area (Å²) in [5.74, 6) is 0.0107. The zero-order valence-electron chi connectivity index (χ0n) is 15.2. The van der Waals surface area contributed by atoms with Gasteiger partial charge in [0, 0.05) is 25.8 Å². The quantitative estimate of drug-likeness (QED) is 0.805. The molecule has 27 heavy (non-hydrogen) atoms. The zero-order chi connectivity index (χ0) is 19.4. The van der Waals surface area contributed by atoms with Gasteiger partial charge in [0.25, 0.3) is 5.91 Å². The van der Waals surface area contributed by atoms with E-state index in [1.54, 1.807) is 25.0 Å². The second-order valence-corrected chi connectivity index (χ2v) is 6.30. The van der Waals surface area contributed by atoms with E-state index in [0.717, 1.165) is 5.56 Å². The SMILES string of the molecule is COCCN(Cc1ccc2c(c1)OCO2)C(=O)c1cc(C)cc(C(=O)O)c1. The summed E-state index contributed by atoms with van der Waals surface area (Å²) in [7, 11) is 1.57. The van der Waals surface area contributed by atoms with Gasteiger partial charge >= 0.3 is 5.97 Å². The Morgan fingerprint density at radius 1 is 1.11 bits per heavy atom. The minimum atomic E-state index is -1.06. The van der Waals surface area contributed by atoms with E-state index in [9.17, 15) is 14.7 Å². The molecule has 0 saturated heterocycles. The lowest BCUT2D eigenvalue weighted by Gasteiger charge is -2.23. The normalized spacial score (nSPS) is 12.1. The second-order valence-electron chi connectivity index (χ2n) is 6.30. The Bertz CT molecular complexity index is 864. The molecule has 1 amide bonds. The first-order valence-electron chi connectivity index (χ1n) is 8.49. The van der Waals surface area contributed by atoms with Crippen LogP contribution in [0.1, 0.15) is 31.8 Å². The lowest BCUT2D eigenvalue weighted by Crippen LogP contribution is -2.33. The summed E-state index contributed by atoms with van der Waals surface area (Å²) >= 11 is 0. The van der Waals surface area contributed by atoms with Crippen LogP contribution in [0.2, 0.25) is 0 Å². The first-order chi connectivity index (χ1) is 13.0. The van der Waals surface area contributed by atoms with Gasteiger partial charge in [-0.1, -0.05) is 6.07 Å². The van der Waals surface area contributed by atoms with Crippen LogP contribution in [0.15, 0.2) is 36.4 Å². The lowest BCUT2D eigenvalue weighted by molar-refractivity contribution is 0.0680. The molecular formula is C20H21NO6. The molecule has 1 heterocycles. The summed E-state index contributed by atoms with van der Waals surface area (Å²) in [6.45, 7) is 3.04. The topological polar surface area (TPSA) is 85.3 Å². The third-order valence-electron chi connectivity index (χ3n) is 4.23. The van der Waals surface area contributed by atoms with Gasteiger partial charge in [-0.3, -0.25) is 4.79 Å². The Labute approximate surface area is 157 Å². The van der Waals surface area contributed by atoms with E-state index in [1.165, 1.54) is 12.1 Å². The molecule has 0 saturated carbocycles. The number of carboxylic acids is 1. The molecule has 2 aromatic rings. The van der Waals surface area contributed by atoms with Crippen LogP contribution in [0.5, 0.6) is 11.5 Å². The van der Waals surface area contributed by atoms with Crippen molar-refractivity contribution >= 4 is 11.9 Å². The molecule has 1 aliphatic heterocycles. The molecule has 0 unspecified atom stereocenters. The average Bonchev–Trinajstić information content (AvgIpc) is 3.11. The van der Waals surface area contributed by atoms with Gasteiger partial charge in [0.05, 0.1) is 12.2 Å². The molecule has 1 N–H and O–H groups in total. The molecule has 2 aromatic carbocycles. The largest absolute Gasteiger partial charge is 0.478 e. The fraction of sp³-hybridized carbons (Fsp3) is 0.300. The van der Waals surface area contributed by atoms with Gasteiger partial charge < -0.3 is 24.2 Å². The summed E-state index contributed by atoms with van der Waals surface area (Å²) < 4.78 is 15.8. The minimum absolute atomic E-state index is 0.0909. The maximum Gasteiger partial charge on any atom is 0.335 e. The monoisotopic (exact) mass is 371 g/mol. The van der Waals surface area contributed by atoms with Crippen molar-refractivity contribution in [3.8, 4) is 11.5 Å². The number of carbonyl (C=O) groups is 2. The summed E-state index contributed by atoms with van der Waals surface area (Å²) in [5, 5.41) is 9.25. The van der Waals surface area contributed by atoms with E-state index >= 15 is 0 Å². The predicted molar refractivity (Wildman–Crippen MR) is 97.3 cm³/mol. The smallest absolute Gasteiger partial charge is 0.335 e. The molecule has 0 radical (unpaired) electrons. The number of rotatable bonds is 7. The van der Waals surface area contributed by atoms with E-state index in [4.69, 9.17) is 14.2 Å². The predicted octanol–water partition coefficient (Wildman–Crippen LogP) is 2.71. The molecule has 0 spiro atoms. The Kier molecular flexibility index (Phi) is 5.61. The fourth-order valence-electron chi connectivity index (χ4n) is 2.93. The van der Waals surface area contributed by atoms with Crippen molar-refractivity contribution in [1.29, 1.82) is 0 Å². The summed E-state index contributed by atoms with van der Waals surface area (Å²) in [6, 6.07) is 10.2. The third-order valence-corrected chi connectivity index (χ3v) is 4.23. The Hall–Kier alpha value is -3.06. The molecular weight excluding hydrogens is 350 g/mol. The van der Waals surface area contributed by atoms with Gasteiger partial charge in [-0.05, 0) is 48.4 Å². The number of fused-ring (bicyclic) bond motifs is 1. The molecule has 0 aromatic heterocycles. The molecule has 0 atom stereocenters. The number of carbonyl (C=O) groups excluding carboxylic acids is 1. The van der Waals surface area contributed by atoms with Gasteiger partial charge in [0.2, 0.25) is 6.79 Å². The molecule has 7 heteroatoms. The van der Waals surface area contributed by atoms with E-state index in [0.29, 0.717) is 42.3 Å². The van der Waals surface area contributed by atoms with E-state index in [1.807, 2.05) is 18.2 Å². The highest BCUT2D eigenvalue weighted by Gasteiger charge is 2.20. The van der Waals surface area contributed by atoms with Crippen molar-refractivity contribution in [2.45, 2.75) is 13.5 Å². The minimum Gasteiger partial charge on any atom is -0.478 e. The first kappa shape index (κ1) is 18.7. The van der Waals surface area contributed by atoms with Gasteiger partial charge in [0.1, 0.15) is 0 Å². The number of benzene rings is 2. The summed E-state index contributed by atoms with van der Waals surface area (Å²) in [5.41, 5.74) is 2.03. The van der Waals surface area contributed by atoms with Crippen molar-refractivity contribution < 1.29 is 28.9 Å². The number of aromatic carboxylic acids is 1. The maximum absolute atomic E-state index is 13.0. The van der Waals surface area contributed by atoms with Gasteiger partial charge in [-0.15, -0.1) is 0 Å². The van der Waals surface area contributed by atoms with Crippen LogP contribution in [0.3, 0.4) is 0 Å². The number of nitrogens with zero attached hydrogens (tertiary/aromatic N) is 1. The third kappa shape index (κ3) is 4.38. The number of hydrogen-bond donors (Lipinski definition) is 1. The van der Waals surface area contributed by atoms with Gasteiger partial charge in [0.15, 0.2) is 11.5 Å². The number of hydrogen-bond acceptors (Lipinski definition) is 5.